The third kappa shape index (κ3) is 6.28. The number of imide groups is 1. The molecule has 1 aliphatic carbocycles. The first-order valence-electron chi connectivity index (χ1n) is 13.9. The molecule has 10 nitrogen and oxygen atoms in total. The molecule has 224 valence electrons. The lowest BCUT2D eigenvalue weighted by molar-refractivity contribution is -0.384. The van der Waals surface area contributed by atoms with Crippen LogP contribution in [0.4, 0.5) is 15.8 Å². The number of nitrogens with zero attached hydrogens (tertiary/aromatic N) is 2. The number of halogens is 1. The number of fused-ring (bicyclic) bond motifs is 1. The number of aliphatic hydroxyl groups is 2. The van der Waals surface area contributed by atoms with E-state index in [2.05, 4.69) is 0 Å². The van der Waals surface area contributed by atoms with Crippen molar-refractivity contribution in [3.05, 3.63) is 80.7 Å². The van der Waals surface area contributed by atoms with Gasteiger partial charge in [0.1, 0.15) is 0 Å². The number of methoxy groups -OCH3 is 1. The Balaban J connectivity index is 1.62. The quantitative estimate of drug-likeness (QED) is 0.143. The molecule has 1 saturated heterocycles. The average molecular weight is 583 g/mol. The van der Waals surface area contributed by atoms with Gasteiger partial charge in [0.2, 0.25) is 11.8 Å². The van der Waals surface area contributed by atoms with E-state index in [1.54, 1.807) is 6.07 Å². The Morgan fingerprint density at radius 2 is 1.98 bits per heavy atom. The van der Waals surface area contributed by atoms with Gasteiger partial charge in [0.25, 0.3) is 5.69 Å². The summed E-state index contributed by atoms with van der Waals surface area (Å²) in [6, 6.07) is 9.41. The highest BCUT2D eigenvalue weighted by Crippen LogP contribution is 2.47. The van der Waals surface area contributed by atoms with Crippen molar-refractivity contribution >= 4 is 29.3 Å². The molecular weight excluding hydrogens is 547 g/mol. The lowest BCUT2D eigenvalue weighted by Gasteiger charge is -2.36. The second kappa shape index (κ2) is 13.4. The number of nitro benzene ring substituents is 1. The van der Waals surface area contributed by atoms with Crippen molar-refractivity contribution in [2.24, 2.45) is 17.8 Å². The largest absolute Gasteiger partial charge is 0.505 e. The molecule has 11 heteroatoms. The van der Waals surface area contributed by atoms with Crippen LogP contribution in [0.1, 0.15) is 44.6 Å². The van der Waals surface area contributed by atoms with E-state index >= 15 is 0 Å². The Morgan fingerprint density at radius 3 is 2.62 bits per heavy atom. The molecule has 1 heterocycles. The predicted molar refractivity (Wildman–Crippen MR) is 153 cm³/mol. The second-order valence-corrected chi connectivity index (χ2v) is 10.7. The Bertz CT molecular complexity index is 1420. The number of aliphatic hydroxyl groups excluding tert-OH is 2. The number of phenolic OH excluding ortho intramolecular Hbond substituents is 1. The zero-order valence-corrected chi connectivity index (χ0v) is 23.5. The van der Waals surface area contributed by atoms with Crippen molar-refractivity contribution in [1.82, 2.24) is 0 Å². The van der Waals surface area contributed by atoms with Gasteiger partial charge in [-0.15, -0.1) is 0 Å². The number of carbonyl (C=O) groups is 2. The summed E-state index contributed by atoms with van der Waals surface area (Å²) in [5.41, 5.74) is 2.45. The van der Waals surface area contributed by atoms with E-state index < -0.39 is 58.8 Å². The Morgan fingerprint density at radius 1 is 1.21 bits per heavy atom. The molecule has 3 N–H and O–H groups in total. The highest BCUT2D eigenvalue weighted by molar-refractivity contribution is 6.22. The number of rotatable bonds is 12. The number of carbonyl (C=O) groups excluding carboxylic acids is 2. The van der Waals surface area contributed by atoms with Crippen molar-refractivity contribution in [3.63, 3.8) is 0 Å². The molecule has 0 spiro atoms. The average Bonchev–Trinajstić information content (AvgIpc) is 3.22. The van der Waals surface area contributed by atoms with Gasteiger partial charge >= 0.3 is 0 Å². The molecule has 1 fully saturated rings. The van der Waals surface area contributed by atoms with Gasteiger partial charge in [-0.2, -0.15) is 0 Å². The van der Waals surface area contributed by atoms with E-state index in [1.807, 2.05) is 13.0 Å². The topological polar surface area (TPSA) is 150 Å². The number of hydrogen-bond donors (Lipinski definition) is 3. The number of benzene rings is 2. The zero-order valence-electron chi connectivity index (χ0n) is 23.5. The van der Waals surface area contributed by atoms with Crippen LogP contribution >= 0.6 is 0 Å². The summed E-state index contributed by atoms with van der Waals surface area (Å²) in [6.07, 6.45) is 3.10. The smallest absolute Gasteiger partial charge is 0.271 e. The summed E-state index contributed by atoms with van der Waals surface area (Å²) in [5.74, 6) is -4.87. The van der Waals surface area contributed by atoms with Crippen LogP contribution in [0.15, 0.2) is 59.2 Å². The molecule has 0 unspecified atom stereocenters. The Labute approximate surface area is 242 Å². The van der Waals surface area contributed by atoms with Crippen LogP contribution in [0.3, 0.4) is 0 Å². The zero-order chi connectivity index (χ0) is 30.6. The number of hydrogen-bond acceptors (Lipinski definition) is 8. The molecule has 2 aromatic rings. The molecule has 0 radical (unpaired) electrons. The van der Waals surface area contributed by atoms with Gasteiger partial charge in [-0.1, -0.05) is 37.1 Å². The molecule has 2 aliphatic rings. The van der Waals surface area contributed by atoms with E-state index in [0.717, 1.165) is 16.9 Å². The lowest BCUT2D eigenvalue weighted by atomic mass is 9.68. The second-order valence-electron chi connectivity index (χ2n) is 10.7. The third-order valence-corrected chi connectivity index (χ3v) is 8.01. The molecule has 4 atom stereocenters. The minimum atomic E-state index is -1.06. The van der Waals surface area contributed by atoms with Crippen molar-refractivity contribution in [3.8, 4) is 5.75 Å². The van der Waals surface area contributed by atoms with Crippen molar-refractivity contribution in [2.45, 2.75) is 45.1 Å². The van der Waals surface area contributed by atoms with Gasteiger partial charge in [0, 0.05) is 25.2 Å². The summed E-state index contributed by atoms with van der Waals surface area (Å²) in [6.45, 7) is 1.60. The van der Waals surface area contributed by atoms with E-state index in [9.17, 15) is 39.4 Å². The number of nitro groups is 1. The number of anilines is 1. The number of ether oxygens (including phenoxy) is 1. The summed E-state index contributed by atoms with van der Waals surface area (Å²) >= 11 is 0. The monoisotopic (exact) mass is 582 g/mol. The lowest BCUT2D eigenvalue weighted by Crippen LogP contribution is -2.39. The maximum atomic E-state index is 13.9. The van der Waals surface area contributed by atoms with E-state index in [1.165, 1.54) is 43.5 Å². The highest BCUT2D eigenvalue weighted by Gasteiger charge is 2.55. The van der Waals surface area contributed by atoms with Crippen LogP contribution in [0, 0.1) is 33.7 Å². The summed E-state index contributed by atoms with van der Waals surface area (Å²) in [5, 5.41) is 42.8. The van der Waals surface area contributed by atoms with Gasteiger partial charge in [0.15, 0.2) is 11.6 Å². The molecule has 0 saturated carbocycles. The fourth-order valence-electron chi connectivity index (χ4n) is 6.18. The fourth-order valence-corrected chi connectivity index (χ4v) is 6.18. The molecule has 0 bridgehead atoms. The van der Waals surface area contributed by atoms with Gasteiger partial charge in [-0.25, -0.2) is 9.29 Å². The van der Waals surface area contributed by atoms with E-state index in [4.69, 9.17) is 4.74 Å². The molecule has 2 amide bonds. The minimum Gasteiger partial charge on any atom is -0.505 e. The summed E-state index contributed by atoms with van der Waals surface area (Å²) in [7, 11) is 1.48. The first-order chi connectivity index (χ1) is 20.1. The van der Waals surface area contributed by atoms with Crippen LogP contribution in [-0.4, -0.2) is 58.5 Å². The maximum Gasteiger partial charge on any atom is 0.271 e. The van der Waals surface area contributed by atoms with Crippen LogP contribution in [-0.2, 0) is 14.3 Å². The van der Waals surface area contributed by atoms with Crippen LogP contribution < -0.4 is 4.90 Å². The number of allylic oxidation sites excluding steroid dienone is 1. The highest BCUT2D eigenvalue weighted by atomic mass is 19.1. The Kier molecular flexibility index (Phi) is 9.87. The molecule has 42 heavy (non-hydrogen) atoms. The number of phenols is 1. The number of amides is 2. The maximum absolute atomic E-state index is 13.9. The molecule has 4 rings (SSSR count). The normalized spacial score (nSPS) is 21.6. The van der Waals surface area contributed by atoms with Gasteiger partial charge in [-0.3, -0.25) is 19.7 Å². The van der Waals surface area contributed by atoms with Gasteiger partial charge in [-0.05, 0) is 60.6 Å². The van der Waals surface area contributed by atoms with Crippen LogP contribution in [0.25, 0.3) is 6.08 Å². The summed E-state index contributed by atoms with van der Waals surface area (Å²) < 4.78 is 19.3. The first-order valence-corrected chi connectivity index (χ1v) is 13.9. The number of aromatic hydroxyl groups is 1. The van der Waals surface area contributed by atoms with Gasteiger partial charge < -0.3 is 20.1 Å². The molecule has 0 aromatic heterocycles. The van der Waals surface area contributed by atoms with Crippen LogP contribution in [0.2, 0.25) is 0 Å². The van der Waals surface area contributed by atoms with Gasteiger partial charge in [0.05, 0.1) is 41.8 Å². The third-order valence-electron chi connectivity index (χ3n) is 8.01. The van der Waals surface area contributed by atoms with Crippen molar-refractivity contribution in [1.29, 1.82) is 0 Å². The SMILES string of the molecule is CCC/C(=C\c1ccc(O)c(F)c1)CC[C@@H](O)C1=C(COC)C[C@H]2C(=O)N(c3cccc([N+](=O)[O-])c3)C(=O)[C@H]2[C@H]1CO. The van der Waals surface area contributed by atoms with Crippen molar-refractivity contribution in [2.75, 3.05) is 25.2 Å². The molecule has 1 aliphatic heterocycles. The number of non-ortho nitro benzene ring substituents is 1. The fraction of sp³-hybridized carbons (Fsp3) is 0.419. The van der Waals surface area contributed by atoms with E-state index in [0.29, 0.717) is 29.6 Å². The van der Waals surface area contributed by atoms with Crippen molar-refractivity contribution < 1.29 is 39.0 Å². The summed E-state index contributed by atoms with van der Waals surface area (Å²) in [4.78, 5) is 38.8. The minimum absolute atomic E-state index is 0.0840. The Hall–Kier alpha value is -3.93. The molecular formula is C31H35FN2O8. The van der Waals surface area contributed by atoms with E-state index in [-0.39, 0.29) is 30.8 Å². The van der Waals surface area contributed by atoms with Crippen LogP contribution in [0.5, 0.6) is 5.75 Å². The first kappa shape index (κ1) is 31.0. The predicted octanol–water partition coefficient (Wildman–Crippen LogP) is 4.53. The standard InChI is InChI=1S/C31H35FN2O8/c1-3-5-18(12-19-9-10-26(36)25(32)13-19)8-11-27(37)28-20(17-42-2)14-23-29(24(28)16-35)31(39)33(30(23)38)21-6-4-7-22(15-21)34(40)41/h4,6-7,9-10,12-13,15,23-24,27,29,35-37H,3,5,8,11,14,16-17H2,1-2H3/b18-12+/t23-,24+,27-,29-/m1/s1. The molecule has 2 aromatic carbocycles.